The summed E-state index contributed by atoms with van der Waals surface area (Å²) >= 11 is 1.40. The zero-order chi connectivity index (χ0) is 20.2. The third-order valence-electron chi connectivity index (χ3n) is 4.62. The highest BCUT2D eigenvalue weighted by Crippen LogP contribution is 2.26. The molecule has 0 fully saturated rings. The third kappa shape index (κ3) is 4.30. The summed E-state index contributed by atoms with van der Waals surface area (Å²) in [4.78, 5) is 23.0. The van der Waals surface area contributed by atoms with Crippen LogP contribution in [0.15, 0.2) is 78.2 Å². The molecule has 0 spiro atoms. The van der Waals surface area contributed by atoms with Crippen LogP contribution >= 0.6 is 11.8 Å². The van der Waals surface area contributed by atoms with Crippen molar-refractivity contribution in [1.82, 2.24) is 14.5 Å². The number of thioether (sulfide) groups is 1. The van der Waals surface area contributed by atoms with Crippen LogP contribution in [0, 0.1) is 5.82 Å². The average molecular weight is 406 g/mol. The van der Waals surface area contributed by atoms with E-state index in [2.05, 4.69) is 9.55 Å². The number of fused-ring (bicyclic) bond motifs is 1. The predicted molar refractivity (Wildman–Crippen MR) is 114 cm³/mol. The van der Waals surface area contributed by atoms with Gasteiger partial charge in [-0.1, -0.05) is 23.9 Å². The molecule has 0 aliphatic heterocycles. The van der Waals surface area contributed by atoms with Gasteiger partial charge in [0.05, 0.1) is 23.3 Å². The maximum atomic E-state index is 13.1. The van der Waals surface area contributed by atoms with E-state index in [4.69, 9.17) is 4.98 Å². The summed E-state index contributed by atoms with van der Waals surface area (Å²) in [6, 6.07) is 17.7. The van der Waals surface area contributed by atoms with Crippen LogP contribution in [-0.4, -0.2) is 33.2 Å². The van der Waals surface area contributed by atoms with Gasteiger partial charge in [0, 0.05) is 25.1 Å². The zero-order valence-electron chi connectivity index (χ0n) is 15.8. The number of halogens is 1. The van der Waals surface area contributed by atoms with Gasteiger partial charge >= 0.3 is 0 Å². The van der Waals surface area contributed by atoms with Crippen molar-refractivity contribution in [3.63, 3.8) is 0 Å². The minimum absolute atomic E-state index is 0.0795. The quantitative estimate of drug-likeness (QED) is 0.446. The van der Waals surface area contributed by atoms with E-state index >= 15 is 0 Å². The number of nitrogens with zero attached hydrogens (tertiary/aromatic N) is 4. The summed E-state index contributed by atoms with van der Waals surface area (Å²) in [5, 5.41) is 0.781. The van der Waals surface area contributed by atoms with Crippen molar-refractivity contribution in [2.75, 3.05) is 17.7 Å². The smallest absolute Gasteiger partial charge is 0.237 e. The number of benzene rings is 2. The number of carbonyl (C=O) groups excluding carboxylic acids is 1. The fraction of sp³-hybridized carbons (Fsp3) is 0.136. The van der Waals surface area contributed by atoms with Gasteiger partial charge in [-0.2, -0.15) is 0 Å². The molecule has 0 saturated carbocycles. The molecule has 0 saturated heterocycles. The van der Waals surface area contributed by atoms with Gasteiger partial charge in [-0.05, 0) is 54.1 Å². The summed E-state index contributed by atoms with van der Waals surface area (Å²) in [6.07, 6.45) is 3.53. The van der Waals surface area contributed by atoms with Crippen molar-refractivity contribution < 1.29 is 9.18 Å². The number of hydrogen-bond donors (Lipinski definition) is 0. The zero-order valence-corrected chi connectivity index (χ0v) is 16.6. The van der Waals surface area contributed by atoms with Crippen molar-refractivity contribution >= 4 is 34.4 Å². The molecule has 2 heterocycles. The minimum atomic E-state index is -0.325. The number of imidazole rings is 1. The topological polar surface area (TPSA) is 51.0 Å². The Labute approximate surface area is 172 Å². The maximum absolute atomic E-state index is 13.1. The first-order valence-corrected chi connectivity index (χ1v) is 10.1. The highest BCUT2D eigenvalue weighted by Gasteiger charge is 2.16. The number of para-hydroxylation sites is 2. The summed E-state index contributed by atoms with van der Waals surface area (Å²) in [7, 11) is 1.69. The van der Waals surface area contributed by atoms with Gasteiger partial charge in [0.2, 0.25) is 5.91 Å². The number of anilines is 1. The van der Waals surface area contributed by atoms with Crippen LogP contribution in [0.2, 0.25) is 0 Å². The van der Waals surface area contributed by atoms with E-state index in [1.54, 1.807) is 31.6 Å². The molecule has 146 valence electrons. The van der Waals surface area contributed by atoms with Crippen molar-refractivity contribution in [3.05, 3.63) is 84.4 Å². The van der Waals surface area contributed by atoms with E-state index < -0.39 is 0 Å². The van der Waals surface area contributed by atoms with Crippen LogP contribution in [0.3, 0.4) is 0 Å². The molecule has 4 aromatic rings. The number of pyridine rings is 1. The molecule has 0 unspecified atom stereocenters. The molecule has 2 aromatic carbocycles. The molecule has 0 radical (unpaired) electrons. The largest absolute Gasteiger partial charge is 0.315 e. The van der Waals surface area contributed by atoms with Gasteiger partial charge in [-0.3, -0.25) is 9.78 Å². The second-order valence-corrected chi connectivity index (χ2v) is 7.49. The number of carbonyl (C=O) groups is 1. The lowest BCUT2D eigenvalue weighted by molar-refractivity contribution is -0.115. The SMILES string of the molecule is CN(C(=O)CSc1nc2ccccc2n1Cc1ccncc1)c1ccc(F)cc1. The highest BCUT2D eigenvalue weighted by atomic mass is 32.2. The summed E-state index contributed by atoms with van der Waals surface area (Å²) in [5.41, 5.74) is 3.68. The third-order valence-corrected chi connectivity index (χ3v) is 5.58. The molecule has 29 heavy (non-hydrogen) atoms. The minimum Gasteiger partial charge on any atom is -0.315 e. The number of rotatable bonds is 6. The normalized spacial score (nSPS) is 11.0. The summed E-state index contributed by atoms with van der Waals surface area (Å²) in [6.45, 7) is 0.646. The average Bonchev–Trinajstić information content (AvgIpc) is 3.10. The lowest BCUT2D eigenvalue weighted by Gasteiger charge is -2.17. The first-order chi connectivity index (χ1) is 14.1. The van der Waals surface area contributed by atoms with E-state index in [1.165, 1.54) is 28.8 Å². The van der Waals surface area contributed by atoms with Gasteiger partial charge in [-0.25, -0.2) is 9.37 Å². The molecule has 0 aliphatic rings. The van der Waals surface area contributed by atoms with Crippen molar-refractivity contribution in [2.24, 2.45) is 0 Å². The Balaban J connectivity index is 1.55. The second kappa shape index (κ2) is 8.45. The molecule has 0 aliphatic carbocycles. The molecule has 4 rings (SSSR count). The number of hydrogen-bond acceptors (Lipinski definition) is 4. The molecule has 0 bridgehead atoms. The summed E-state index contributed by atoms with van der Waals surface area (Å²) in [5.74, 6) is -0.175. The van der Waals surface area contributed by atoms with Gasteiger partial charge in [0.25, 0.3) is 0 Å². The van der Waals surface area contributed by atoms with Crippen LogP contribution in [0.1, 0.15) is 5.56 Å². The maximum Gasteiger partial charge on any atom is 0.237 e. The molecule has 5 nitrogen and oxygen atoms in total. The van der Waals surface area contributed by atoms with Crippen molar-refractivity contribution in [2.45, 2.75) is 11.7 Å². The van der Waals surface area contributed by atoms with Crippen molar-refractivity contribution in [3.8, 4) is 0 Å². The lowest BCUT2D eigenvalue weighted by Crippen LogP contribution is -2.28. The van der Waals surface area contributed by atoms with Gasteiger partial charge in [0.1, 0.15) is 5.82 Å². The lowest BCUT2D eigenvalue weighted by atomic mass is 10.2. The Hall–Kier alpha value is -3.19. The Bertz CT molecular complexity index is 1130. The van der Waals surface area contributed by atoms with Gasteiger partial charge in [-0.15, -0.1) is 0 Å². The fourth-order valence-electron chi connectivity index (χ4n) is 3.02. The monoisotopic (exact) mass is 406 g/mol. The first kappa shape index (κ1) is 19.1. The van der Waals surface area contributed by atoms with E-state index in [-0.39, 0.29) is 17.5 Å². The Morgan fingerprint density at radius 2 is 1.79 bits per heavy atom. The Morgan fingerprint density at radius 1 is 1.07 bits per heavy atom. The molecule has 1 amide bonds. The predicted octanol–water partition coefficient (Wildman–Crippen LogP) is 4.37. The Morgan fingerprint density at radius 3 is 2.55 bits per heavy atom. The van der Waals surface area contributed by atoms with E-state index in [9.17, 15) is 9.18 Å². The van der Waals surface area contributed by atoms with Crippen LogP contribution in [-0.2, 0) is 11.3 Å². The number of aromatic nitrogens is 3. The standard InChI is InChI=1S/C22H19FN4OS/c1-26(18-8-6-17(23)7-9-18)21(28)15-29-22-25-19-4-2-3-5-20(19)27(22)14-16-10-12-24-13-11-16/h2-13H,14-15H2,1H3. The highest BCUT2D eigenvalue weighted by molar-refractivity contribution is 7.99. The molecule has 0 N–H and O–H groups in total. The van der Waals surface area contributed by atoms with Crippen molar-refractivity contribution in [1.29, 1.82) is 0 Å². The van der Waals surface area contributed by atoms with Gasteiger partial charge in [0.15, 0.2) is 5.16 Å². The molecule has 0 atom stereocenters. The Kier molecular flexibility index (Phi) is 5.57. The van der Waals surface area contributed by atoms with E-state index in [1.807, 2.05) is 36.4 Å². The summed E-state index contributed by atoms with van der Waals surface area (Å²) < 4.78 is 15.2. The molecule has 7 heteroatoms. The van der Waals surface area contributed by atoms with E-state index in [0.29, 0.717) is 12.2 Å². The molecule has 2 aromatic heterocycles. The second-order valence-electron chi connectivity index (χ2n) is 6.54. The van der Waals surface area contributed by atoms with Gasteiger partial charge < -0.3 is 9.47 Å². The molecular formula is C22H19FN4OS. The van der Waals surface area contributed by atoms with E-state index in [0.717, 1.165) is 21.8 Å². The number of amides is 1. The van der Waals surface area contributed by atoms with Crippen LogP contribution in [0.5, 0.6) is 0 Å². The van der Waals surface area contributed by atoms with Crippen LogP contribution in [0.25, 0.3) is 11.0 Å². The van der Waals surface area contributed by atoms with Crippen LogP contribution < -0.4 is 4.90 Å². The first-order valence-electron chi connectivity index (χ1n) is 9.11. The molecular weight excluding hydrogens is 387 g/mol. The fourth-order valence-corrected chi connectivity index (χ4v) is 3.95. The van der Waals surface area contributed by atoms with Crippen LogP contribution in [0.4, 0.5) is 10.1 Å².